The van der Waals surface area contributed by atoms with Gasteiger partial charge in [-0.05, 0) is 30.5 Å². The van der Waals surface area contributed by atoms with Gasteiger partial charge in [-0.1, -0.05) is 51.2 Å². The van der Waals surface area contributed by atoms with Crippen LogP contribution >= 0.6 is 0 Å². The Labute approximate surface area is 249 Å². The highest BCUT2D eigenvalue weighted by Crippen LogP contribution is 2.29. The maximum atomic E-state index is 13.5. The van der Waals surface area contributed by atoms with Crippen LogP contribution in [0.4, 0.5) is 22.0 Å². The maximum Gasteiger partial charge on any atom is 0.313 e. The van der Waals surface area contributed by atoms with Crippen molar-refractivity contribution in [1.82, 2.24) is 0 Å². The van der Waals surface area contributed by atoms with Gasteiger partial charge in [0.05, 0.1) is 59.3 Å². The number of esters is 1. The molecule has 0 bridgehead atoms. The van der Waals surface area contributed by atoms with Gasteiger partial charge in [0.2, 0.25) is 34.8 Å². The maximum absolute atomic E-state index is 13.5. The van der Waals surface area contributed by atoms with Crippen LogP contribution in [-0.2, 0) is 30.2 Å². The molecule has 0 unspecified atom stereocenters. The number of hydrogen-bond donors (Lipinski definition) is 0. The highest BCUT2D eigenvalue weighted by Gasteiger charge is 2.28. The van der Waals surface area contributed by atoms with E-state index in [0.717, 1.165) is 12.2 Å². The smallest absolute Gasteiger partial charge is 0.313 e. The summed E-state index contributed by atoms with van der Waals surface area (Å²) in [5.74, 6) is -13.3. The summed E-state index contributed by atoms with van der Waals surface area (Å²) >= 11 is 0. The highest BCUT2D eigenvalue weighted by atomic mass is 19.2. The number of carbonyl (C=O) groups excluding carboxylic acids is 1. The summed E-state index contributed by atoms with van der Waals surface area (Å²) in [5.41, 5.74) is 1.33. The first-order valence-corrected chi connectivity index (χ1v) is 14.6. The molecule has 0 radical (unpaired) electrons. The summed E-state index contributed by atoms with van der Waals surface area (Å²) in [4.78, 5) is 11.6. The van der Waals surface area contributed by atoms with Crippen molar-refractivity contribution in [2.24, 2.45) is 0 Å². The lowest BCUT2D eigenvalue weighted by Crippen LogP contribution is -2.16. The van der Waals surface area contributed by atoms with Gasteiger partial charge >= 0.3 is 5.97 Å². The molecule has 2 aromatic carbocycles. The Balaban J connectivity index is 1.38. The first-order valence-electron chi connectivity index (χ1n) is 14.6. The van der Waals surface area contributed by atoms with Crippen LogP contribution in [0, 0.1) is 29.1 Å². The molecular formula is C31H41F5O7. The molecule has 0 saturated carbocycles. The third-order valence-corrected chi connectivity index (χ3v) is 6.19. The Morgan fingerprint density at radius 3 is 1.60 bits per heavy atom. The third kappa shape index (κ3) is 14.5. The highest BCUT2D eigenvalue weighted by molar-refractivity contribution is 5.72. The number of benzene rings is 2. The topological polar surface area (TPSA) is 72.5 Å². The lowest BCUT2D eigenvalue weighted by atomic mass is 10.0. The molecule has 2 rings (SSSR count). The Kier molecular flexibility index (Phi) is 18.5. The van der Waals surface area contributed by atoms with Gasteiger partial charge in [0.15, 0.2) is 0 Å². The molecule has 0 aromatic heterocycles. The predicted octanol–water partition coefficient (Wildman–Crippen LogP) is 6.73. The molecule has 0 aliphatic carbocycles. The van der Waals surface area contributed by atoms with Crippen molar-refractivity contribution < 1.29 is 55.2 Å². The van der Waals surface area contributed by atoms with Crippen LogP contribution in [0.15, 0.2) is 24.3 Å². The number of rotatable bonds is 24. The summed E-state index contributed by atoms with van der Waals surface area (Å²) in [5, 5.41) is 0. The van der Waals surface area contributed by atoms with E-state index < -0.39 is 47.2 Å². The molecule has 0 aliphatic heterocycles. The molecule has 242 valence electrons. The normalized spacial score (nSPS) is 11.2. The molecule has 0 amide bonds. The minimum Gasteiger partial charge on any atom is -0.491 e. The molecule has 0 N–H and O–H groups in total. The number of carbonyl (C=O) groups is 1. The summed E-state index contributed by atoms with van der Waals surface area (Å²) in [6.07, 6.45) is 8.35. The molecule has 7 nitrogen and oxygen atoms in total. The summed E-state index contributed by atoms with van der Waals surface area (Å²) < 4.78 is 97.6. The Morgan fingerprint density at radius 2 is 1.05 bits per heavy atom. The second kappa shape index (κ2) is 21.8. The molecule has 2 aromatic rings. The van der Waals surface area contributed by atoms with Crippen molar-refractivity contribution in [3.63, 3.8) is 0 Å². The van der Waals surface area contributed by atoms with Gasteiger partial charge in [-0.2, -0.15) is 8.78 Å². The second-order valence-electron chi connectivity index (χ2n) is 9.58. The van der Waals surface area contributed by atoms with Crippen molar-refractivity contribution in [3.05, 3.63) is 58.9 Å². The average molecular weight is 621 g/mol. The molecule has 0 aliphatic rings. The summed E-state index contributed by atoms with van der Waals surface area (Å²) in [6, 6.07) is 8.20. The van der Waals surface area contributed by atoms with Crippen LogP contribution in [0.2, 0.25) is 0 Å². The monoisotopic (exact) mass is 620 g/mol. The van der Waals surface area contributed by atoms with Crippen molar-refractivity contribution in [3.8, 4) is 11.5 Å². The van der Waals surface area contributed by atoms with Gasteiger partial charge in [0.25, 0.3) is 0 Å². The van der Waals surface area contributed by atoms with Crippen LogP contribution in [0.5, 0.6) is 11.5 Å². The lowest BCUT2D eigenvalue weighted by molar-refractivity contribution is -0.136. The van der Waals surface area contributed by atoms with E-state index in [1.807, 2.05) is 12.1 Å². The molecule has 0 spiro atoms. The Morgan fingerprint density at radius 1 is 0.581 bits per heavy atom. The average Bonchev–Trinajstić information content (AvgIpc) is 3.01. The summed E-state index contributed by atoms with van der Waals surface area (Å²) in [6.45, 7) is 4.60. The molecule has 0 saturated heterocycles. The molecule has 43 heavy (non-hydrogen) atoms. The van der Waals surface area contributed by atoms with Crippen molar-refractivity contribution in [2.75, 3.05) is 59.5 Å². The van der Waals surface area contributed by atoms with E-state index in [1.165, 1.54) is 44.1 Å². The molecule has 0 fully saturated rings. The number of aryl methyl sites for hydroxylation is 1. The van der Waals surface area contributed by atoms with E-state index in [2.05, 4.69) is 23.8 Å². The Bertz CT molecular complexity index is 1040. The molecule has 0 heterocycles. The number of halogens is 5. The van der Waals surface area contributed by atoms with Crippen molar-refractivity contribution in [1.29, 1.82) is 0 Å². The van der Waals surface area contributed by atoms with Crippen molar-refractivity contribution >= 4 is 5.97 Å². The van der Waals surface area contributed by atoms with E-state index in [4.69, 9.17) is 23.7 Å². The fourth-order valence-electron chi connectivity index (χ4n) is 3.84. The number of hydrogen-bond acceptors (Lipinski definition) is 7. The zero-order valence-electron chi connectivity index (χ0n) is 24.6. The molecule has 12 heteroatoms. The first kappa shape index (κ1) is 36.4. The van der Waals surface area contributed by atoms with Crippen LogP contribution in [0.25, 0.3) is 0 Å². The zero-order chi connectivity index (χ0) is 31.3. The second-order valence-corrected chi connectivity index (χ2v) is 9.58. The van der Waals surface area contributed by atoms with Crippen molar-refractivity contribution in [2.45, 2.75) is 58.3 Å². The van der Waals surface area contributed by atoms with Gasteiger partial charge < -0.3 is 28.4 Å². The fourth-order valence-corrected chi connectivity index (χ4v) is 3.84. The van der Waals surface area contributed by atoms with Gasteiger partial charge in [0.1, 0.15) is 12.4 Å². The standard InChI is InChI=1S/C31H41F5O7/c1-2-3-4-5-6-7-8-23-9-11-24(12-10-23)42-22-21-41-20-19-40-18-17-39-16-15-38-14-13-25(37)43-31-29(35)27(33)26(32)28(34)30(31)36/h9-12H,2-8,13-22H2,1H3. The van der Waals surface area contributed by atoms with Crippen LogP contribution < -0.4 is 9.47 Å². The minimum atomic E-state index is -2.34. The van der Waals surface area contributed by atoms with E-state index in [-0.39, 0.29) is 19.8 Å². The van der Waals surface area contributed by atoms with Gasteiger partial charge in [0, 0.05) is 0 Å². The fraction of sp³-hybridized carbons (Fsp3) is 0.581. The number of ether oxygens (including phenoxy) is 6. The minimum absolute atomic E-state index is 0.0980. The van der Waals surface area contributed by atoms with Crippen LogP contribution in [0.1, 0.15) is 57.4 Å². The van der Waals surface area contributed by atoms with Crippen LogP contribution in [-0.4, -0.2) is 65.4 Å². The van der Waals surface area contributed by atoms with Gasteiger partial charge in [-0.3, -0.25) is 4.79 Å². The van der Waals surface area contributed by atoms with Gasteiger partial charge in [-0.25, -0.2) is 13.2 Å². The van der Waals surface area contributed by atoms with E-state index in [0.29, 0.717) is 39.6 Å². The quantitative estimate of drug-likeness (QED) is 0.0322. The van der Waals surface area contributed by atoms with E-state index in [1.54, 1.807) is 0 Å². The first-order chi connectivity index (χ1) is 20.8. The Hall–Kier alpha value is -2.80. The lowest BCUT2D eigenvalue weighted by Gasteiger charge is -2.10. The summed E-state index contributed by atoms with van der Waals surface area (Å²) in [7, 11) is 0. The van der Waals surface area contributed by atoms with E-state index >= 15 is 0 Å². The van der Waals surface area contributed by atoms with Crippen LogP contribution in [0.3, 0.4) is 0 Å². The molecular weight excluding hydrogens is 579 g/mol. The molecule has 0 atom stereocenters. The van der Waals surface area contributed by atoms with E-state index in [9.17, 15) is 26.7 Å². The zero-order valence-corrected chi connectivity index (χ0v) is 24.6. The largest absolute Gasteiger partial charge is 0.491 e. The predicted molar refractivity (Wildman–Crippen MR) is 149 cm³/mol. The van der Waals surface area contributed by atoms with Gasteiger partial charge in [-0.15, -0.1) is 0 Å². The number of unbranched alkanes of at least 4 members (excludes halogenated alkanes) is 5. The SMILES string of the molecule is CCCCCCCCc1ccc(OCCOCCOCCOCCOCCC(=O)Oc2c(F)c(F)c(F)c(F)c2F)cc1. The third-order valence-electron chi connectivity index (χ3n) is 6.19.